The van der Waals surface area contributed by atoms with Crippen molar-refractivity contribution in [3.05, 3.63) is 33.9 Å². The lowest BCUT2D eigenvalue weighted by atomic mass is 9.82. The highest BCUT2D eigenvalue weighted by molar-refractivity contribution is 6.71. The van der Waals surface area contributed by atoms with Crippen LogP contribution in [-0.2, 0) is 24.7 Å². The van der Waals surface area contributed by atoms with Crippen LogP contribution in [0.5, 0.6) is 0 Å². The van der Waals surface area contributed by atoms with E-state index in [0.29, 0.717) is 30.6 Å². The van der Waals surface area contributed by atoms with Gasteiger partial charge in [0.05, 0.1) is 23.8 Å². The Morgan fingerprint density at radius 1 is 1.36 bits per heavy atom. The summed E-state index contributed by atoms with van der Waals surface area (Å²) in [6.07, 6.45) is 0.992. The normalized spacial score (nSPS) is 26.7. The molecule has 0 aromatic heterocycles. The lowest BCUT2D eigenvalue weighted by molar-refractivity contribution is -0.385. The van der Waals surface area contributed by atoms with Gasteiger partial charge in [-0.05, 0) is 38.4 Å². The highest BCUT2D eigenvalue weighted by atomic mass is 28.4. The topological polar surface area (TPSA) is 139 Å². The van der Waals surface area contributed by atoms with Crippen LogP contribution in [0, 0.1) is 16.0 Å². The van der Waals surface area contributed by atoms with Crippen molar-refractivity contribution in [1.29, 1.82) is 0 Å². The minimum Gasteiger partial charge on any atom is -0.469 e. The number of ether oxygens (including phenoxy) is 2. The molecule has 0 unspecified atom stereocenters. The number of hydrogen-bond donors (Lipinski definition) is 2. The third kappa shape index (κ3) is 4.42. The molecule has 182 valence electrons. The number of amides is 1. The minimum atomic E-state index is -2.83. The largest absolute Gasteiger partial charge is 0.469 e. The lowest BCUT2D eigenvalue weighted by Crippen LogP contribution is -2.46. The Morgan fingerprint density at radius 2 is 2.06 bits per heavy atom. The van der Waals surface area contributed by atoms with E-state index in [1.54, 1.807) is 24.1 Å². The van der Waals surface area contributed by atoms with Crippen LogP contribution in [0.2, 0.25) is 18.6 Å². The molecule has 1 fully saturated rings. The molecule has 4 atom stereocenters. The second-order valence-corrected chi connectivity index (χ2v) is 13.3. The fraction of sp³-hybridized carbons (Fsp3) is 0.636. The Hall–Kier alpha value is -2.34. The summed E-state index contributed by atoms with van der Waals surface area (Å²) in [6, 6.07) is 4.31. The Kier molecular flexibility index (Phi) is 7.27. The van der Waals surface area contributed by atoms with E-state index < -0.39 is 30.9 Å². The summed E-state index contributed by atoms with van der Waals surface area (Å²) in [5.74, 6) is -1.10. The number of nitro benzene ring substituents is 1. The first-order valence-corrected chi connectivity index (χ1v) is 14.2. The molecule has 0 saturated carbocycles. The predicted molar refractivity (Wildman–Crippen MR) is 122 cm³/mol. The summed E-state index contributed by atoms with van der Waals surface area (Å²) in [6.45, 7) is 5.54. The Balaban J connectivity index is 2.03. The van der Waals surface area contributed by atoms with Crippen molar-refractivity contribution < 1.29 is 33.9 Å². The van der Waals surface area contributed by atoms with E-state index in [9.17, 15) is 29.6 Å². The molecule has 2 aliphatic heterocycles. The summed E-state index contributed by atoms with van der Waals surface area (Å²) in [7, 11) is -1.51. The highest BCUT2D eigenvalue weighted by Gasteiger charge is 2.66. The molecule has 1 amide bonds. The Labute approximate surface area is 193 Å². The number of esters is 1. The number of carbonyl (C=O) groups excluding carboxylic acids is 2. The zero-order valence-electron chi connectivity index (χ0n) is 19.4. The molecule has 1 aromatic rings. The molecule has 0 aliphatic carbocycles. The van der Waals surface area contributed by atoms with Crippen LogP contribution in [-0.4, -0.2) is 61.4 Å². The molecular formula is C22H32N2O8Si. The number of carbonyl (C=O) groups is 2. The third-order valence-electron chi connectivity index (χ3n) is 6.83. The van der Waals surface area contributed by atoms with Crippen LogP contribution in [0.4, 0.5) is 11.4 Å². The monoisotopic (exact) mass is 480 g/mol. The van der Waals surface area contributed by atoms with Crippen LogP contribution < -0.4 is 4.90 Å². The van der Waals surface area contributed by atoms with E-state index in [0.717, 1.165) is 0 Å². The number of methoxy groups -OCH3 is 1. The van der Waals surface area contributed by atoms with Crippen LogP contribution >= 0.6 is 0 Å². The third-order valence-corrected chi connectivity index (χ3v) is 9.34. The first kappa shape index (κ1) is 25.3. The van der Waals surface area contributed by atoms with Gasteiger partial charge >= 0.3 is 5.97 Å². The number of nitrogens with zero attached hydrogens (tertiary/aromatic N) is 2. The number of non-ortho nitro benzene ring substituents is 1. The summed E-state index contributed by atoms with van der Waals surface area (Å²) >= 11 is 0. The number of nitro groups is 1. The van der Waals surface area contributed by atoms with Gasteiger partial charge in [-0.1, -0.05) is 6.92 Å². The average Bonchev–Trinajstić information content (AvgIpc) is 3.17. The number of unbranched alkanes of at least 4 members (excludes halogenated alkanes) is 1. The van der Waals surface area contributed by atoms with Crippen molar-refractivity contribution in [1.82, 2.24) is 0 Å². The first-order valence-electron chi connectivity index (χ1n) is 11.2. The standard InChI is InChI=1S/C22H32N2O8Si/c1-14-20(33(3,4)30)18(10-12-25)32-22(14)16-13-15(24(28)29)8-9-17(16)23(21(22)27)11-6-5-7-19(26)31-2/h8-9,13-14,18,20,25,30H,5-7,10-12H2,1-4H3/t14-,18+,20-,22+/m1/s1. The second kappa shape index (κ2) is 9.49. The van der Waals surface area contributed by atoms with Crippen molar-refractivity contribution in [3.63, 3.8) is 0 Å². The maximum absolute atomic E-state index is 13.9. The molecule has 1 spiro atoms. The second-order valence-electron chi connectivity index (χ2n) is 9.32. The van der Waals surface area contributed by atoms with E-state index in [2.05, 4.69) is 4.74 Å². The number of fused-ring (bicyclic) bond motifs is 2. The van der Waals surface area contributed by atoms with Gasteiger partial charge in [-0.15, -0.1) is 0 Å². The van der Waals surface area contributed by atoms with Gasteiger partial charge in [-0.3, -0.25) is 19.7 Å². The molecule has 2 heterocycles. The molecule has 2 aliphatic rings. The van der Waals surface area contributed by atoms with E-state index in [4.69, 9.17) is 4.74 Å². The highest BCUT2D eigenvalue weighted by Crippen LogP contribution is 2.59. The van der Waals surface area contributed by atoms with Gasteiger partial charge in [-0.2, -0.15) is 0 Å². The number of anilines is 1. The SMILES string of the molecule is COC(=O)CCCCN1C(=O)[C@@]2(O[C@@H](CCO)[C@H]([Si](C)(C)O)[C@H]2C)c2cc([N+](=O)[O-])ccc21. The fourth-order valence-corrected chi connectivity index (χ4v) is 8.04. The van der Waals surface area contributed by atoms with Crippen molar-refractivity contribution in [2.24, 2.45) is 5.92 Å². The lowest BCUT2D eigenvalue weighted by Gasteiger charge is -2.32. The van der Waals surface area contributed by atoms with Crippen LogP contribution in [0.25, 0.3) is 0 Å². The van der Waals surface area contributed by atoms with Crippen molar-refractivity contribution in [2.45, 2.75) is 62.9 Å². The minimum absolute atomic E-state index is 0.146. The van der Waals surface area contributed by atoms with Crippen LogP contribution in [0.1, 0.15) is 38.2 Å². The molecule has 1 aromatic carbocycles. The first-order chi connectivity index (χ1) is 15.5. The van der Waals surface area contributed by atoms with Gasteiger partial charge in [0.25, 0.3) is 11.6 Å². The van der Waals surface area contributed by atoms with Crippen molar-refractivity contribution >= 4 is 31.6 Å². The maximum Gasteiger partial charge on any atom is 0.305 e. The molecule has 2 N–H and O–H groups in total. The van der Waals surface area contributed by atoms with Crippen LogP contribution in [0.3, 0.4) is 0 Å². The number of hydrogen-bond acceptors (Lipinski definition) is 8. The number of aliphatic hydroxyl groups is 1. The molecule has 33 heavy (non-hydrogen) atoms. The molecule has 3 rings (SSSR count). The summed E-state index contributed by atoms with van der Waals surface area (Å²) in [5, 5.41) is 21.1. The van der Waals surface area contributed by atoms with E-state index >= 15 is 0 Å². The Morgan fingerprint density at radius 3 is 2.64 bits per heavy atom. The zero-order chi connectivity index (χ0) is 24.6. The van der Waals surface area contributed by atoms with E-state index in [1.807, 2.05) is 6.92 Å². The molecule has 1 saturated heterocycles. The maximum atomic E-state index is 13.9. The van der Waals surface area contributed by atoms with Crippen molar-refractivity contribution in [3.8, 4) is 0 Å². The predicted octanol–water partition coefficient (Wildman–Crippen LogP) is 2.46. The number of rotatable bonds is 9. The number of benzene rings is 1. The van der Waals surface area contributed by atoms with Crippen molar-refractivity contribution in [2.75, 3.05) is 25.2 Å². The molecule has 10 nitrogen and oxygen atoms in total. The van der Waals surface area contributed by atoms with Crippen LogP contribution in [0.15, 0.2) is 18.2 Å². The van der Waals surface area contributed by atoms with E-state index in [1.165, 1.54) is 19.2 Å². The van der Waals surface area contributed by atoms with Gasteiger partial charge in [0.1, 0.15) is 0 Å². The van der Waals surface area contributed by atoms with Gasteiger partial charge in [-0.25, -0.2) is 0 Å². The number of aliphatic hydroxyl groups excluding tert-OH is 1. The van der Waals surface area contributed by atoms with Gasteiger partial charge in [0.2, 0.25) is 0 Å². The summed E-state index contributed by atoms with van der Waals surface area (Å²) in [4.78, 5) is 48.9. The molecule has 0 bridgehead atoms. The fourth-order valence-electron chi connectivity index (χ4n) is 5.44. The van der Waals surface area contributed by atoms with Gasteiger partial charge < -0.3 is 24.3 Å². The molecular weight excluding hydrogens is 448 g/mol. The molecule has 11 heteroatoms. The summed E-state index contributed by atoms with van der Waals surface area (Å²) in [5.41, 5.74) is -1.00. The molecule has 0 radical (unpaired) electrons. The van der Waals surface area contributed by atoms with Gasteiger partial charge in [0.15, 0.2) is 13.9 Å². The van der Waals surface area contributed by atoms with E-state index in [-0.39, 0.29) is 42.6 Å². The Bertz CT molecular complexity index is 933. The van der Waals surface area contributed by atoms with Gasteiger partial charge in [0, 0.05) is 48.7 Å². The average molecular weight is 481 g/mol. The summed E-state index contributed by atoms with van der Waals surface area (Å²) < 4.78 is 11.1. The smallest absolute Gasteiger partial charge is 0.305 e. The quantitative estimate of drug-likeness (QED) is 0.181. The zero-order valence-corrected chi connectivity index (χ0v) is 20.4.